The fourth-order valence-electron chi connectivity index (χ4n) is 1.88. The van der Waals surface area contributed by atoms with Gasteiger partial charge in [-0.05, 0) is 26.8 Å². The molecule has 2 unspecified atom stereocenters. The van der Waals surface area contributed by atoms with Gasteiger partial charge < -0.3 is 14.6 Å². The molecule has 0 radical (unpaired) electrons. The Morgan fingerprint density at radius 1 is 1.35 bits per heavy atom. The highest BCUT2D eigenvalue weighted by Gasteiger charge is 2.22. The van der Waals surface area contributed by atoms with E-state index < -0.39 is 0 Å². The van der Waals surface area contributed by atoms with E-state index in [9.17, 15) is 0 Å². The molecular formula is C12H23N3O2. The zero-order valence-electron chi connectivity index (χ0n) is 11.2. The Kier molecular flexibility index (Phi) is 6.15. The molecule has 0 saturated heterocycles. The lowest BCUT2D eigenvalue weighted by molar-refractivity contribution is 0.126. The van der Waals surface area contributed by atoms with Gasteiger partial charge >= 0.3 is 0 Å². The van der Waals surface area contributed by atoms with Crippen LogP contribution in [0.5, 0.6) is 0 Å². The van der Waals surface area contributed by atoms with Crippen molar-refractivity contribution in [1.82, 2.24) is 15.5 Å². The van der Waals surface area contributed by atoms with E-state index in [4.69, 9.17) is 9.26 Å². The van der Waals surface area contributed by atoms with E-state index in [-0.39, 0.29) is 5.92 Å². The van der Waals surface area contributed by atoms with Gasteiger partial charge in [0.15, 0.2) is 5.82 Å². The van der Waals surface area contributed by atoms with Crippen LogP contribution in [0.4, 0.5) is 0 Å². The molecule has 17 heavy (non-hydrogen) atoms. The molecule has 0 bridgehead atoms. The number of likely N-dealkylation sites (N-methyl/N-ethyl adjacent to an activating group) is 1. The third-order valence-corrected chi connectivity index (χ3v) is 2.81. The first-order valence-electron chi connectivity index (χ1n) is 6.36. The molecule has 0 aliphatic rings. The predicted octanol–water partition coefficient (Wildman–Crippen LogP) is 2.10. The van der Waals surface area contributed by atoms with Gasteiger partial charge in [-0.25, -0.2) is 0 Å². The number of ether oxygens (including phenoxy) is 1. The Bertz CT molecular complexity index is 314. The van der Waals surface area contributed by atoms with Crippen LogP contribution in [0.15, 0.2) is 4.52 Å². The van der Waals surface area contributed by atoms with Gasteiger partial charge in [-0.3, -0.25) is 0 Å². The lowest BCUT2D eigenvalue weighted by Gasteiger charge is -2.19. The highest BCUT2D eigenvalue weighted by molar-refractivity contribution is 4.97. The summed E-state index contributed by atoms with van der Waals surface area (Å²) in [5.41, 5.74) is 0. The summed E-state index contributed by atoms with van der Waals surface area (Å²) in [7, 11) is 0. The van der Waals surface area contributed by atoms with Crippen LogP contribution < -0.4 is 5.32 Å². The normalized spacial score (nSPS) is 14.8. The minimum atomic E-state index is 0.262. The summed E-state index contributed by atoms with van der Waals surface area (Å²) in [6, 6.07) is 0.338. The molecule has 0 aliphatic carbocycles. The summed E-state index contributed by atoms with van der Waals surface area (Å²) in [4.78, 5) is 4.38. The Morgan fingerprint density at radius 3 is 2.71 bits per heavy atom. The quantitative estimate of drug-likeness (QED) is 0.755. The number of rotatable bonds is 8. The van der Waals surface area contributed by atoms with Gasteiger partial charge in [0, 0.05) is 12.6 Å². The van der Waals surface area contributed by atoms with Crippen molar-refractivity contribution in [3.05, 3.63) is 11.7 Å². The lowest BCUT2D eigenvalue weighted by Crippen LogP contribution is -2.31. The standard InChI is InChI=1S/C12H23N3O2/c1-5-10(9(4)13-6-2)12-14-11(15-17-12)8-16-7-3/h9-10,13H,5-8H2,1-4H3. The number of hydrogen-bond donors (Lipinski definition) is 1. The van der Waals surface area contributed by atoms with E-state index in [1.165, 1.54) is 0 Å². The molecule has 0 spiro atoms. The van der Waals surface area contributed by atoms with Crippen LogP contribution in [0.1, 0.15) is 51.7 Å². The lowest BCUT2D eigenvalue weighted by atomic mass is 9.98. The smallest absolute Gasteiger partial charge is 0.231 e. The third kappa shape index (κ3) is 4.09. The topological polar surface area (TPSA) is 60.2 Å². The maximum Gasteiger partial charge on any atom is 0.231 e. The van der Waals surface area contributed by atoms with Crippen molar-refractivity contribution in [2.45, 2.75) is 52.7 Å². The number of hydrogen-bond acceptors (Lipinski definition) is 5. The van der Waals surface area contributed by atoms with Gasteiger partial charge in [-0.1, -0.05) is 19.0 Å². The molecule has 1 rings (SSSR count). The fraction of sp³-hybridized carbons (Fsp3) is 0.833. The first-order valence-corrected chi connectivity index (χ1v) is 6.36. The second-order valence-electron chi connectivity index (χ2n) is 4.05. The summed E-state index contributed by atoms with van der Waals surface area (Å²) >= 11 is 0. The molecule has 5 heteroatoms. The SMILES string of the molecule is CCNC(C)C(CC)c1nc(COCC)no1. The Labute approximate surface area is 103 Å². The maximum atomic E-state index is 5.30. The summed E-state index contributed by atoms with van der Waals surface area (Å²) in [5.74, 6) is 1.59. The molecule has 1 N–H and O–H groups in total. The monoisotopic (exact) mass is 241 g/mol. The fourth-order valence-corrected chi connectivity index (χ4v) is 1.88. The Morgan fingerprint density at radius 2 is 2.12 bits per heavy atom. The van der Waals surface area contributed by atoms with E-state index in [0.29, 0.717) is 31.0 Å². The molecule has 0 saturated carbocycles. The molecule has 98 valence electrons. The highest BCUT2D eigenvalue weighted by Crippen LogP contribution is 2.21. The molecular weight excluding hydrogens is 218 g/mol. The van der Waals surface area contributed by atoms with Crippen molar-refractivity contribution in [3.63, 3.8) is 0 Å². The first kappa shape index (κ1) is 14.1. The summed E-state index contributed by atoms with van der Waals surface area (Å²) in [6.45, 7) is 10.3. The van der Waals surface area contributed by atoms with E-state index in [2.05, 4.69) is 36.2 Å². The van der Waals surface area contributed by atoms with Gasteiger partial charge in [0.25, 0.3) is 0 Å². The summed E-state index contributed by atoms with van der Waals surface area (Å²) in [6.07, 6.45) is 0.977. The van der Waals surface area contributed by atoms with Crippen LogP contribution in [0, 0.1) is 0 Å². The summed E-state index contributed by atoms with van der Waals surface area (Å²) < 4.78 is 10.6. The van der Waals surface area contributed by atoms with E-state index >= 15 is 0 Å². The number of nitrogens with one attached hydrogen (secondary N) is 1. The Hall–Kier alpha value is -0.940. The average Bonchev–Trinajstić information content (AvgIpc) is 2.76. The first-order chi connectivity index (χ1) is 8.22. The van der Waals surface area contributed by atoms with Gasteiger partial charge in [-0.15, -0.1) is 0 Å². The molecule has 1 aromatic heterocycles. The largest absolute Gasteiger partial charge is 0.374 e. The number of aromatic nitrogens is 2. The van der Waals surface area contributed by atoms with E-state index in [0.717, 1.165) is 13.0 Å². The van der Waals surface area contributed by atoms with E-state index in [1.807, 2.05) is 6.92 Å². The molecule has 0 fully saturated rings. The zero-order chi connectivity index (χ0) is 12.7. The second-order valence-corrected chi connectivity index (χ2v) is 4.05. The van der Waals surface area contributed by atoms with Crippen molar-refractivity contribution in [3.8, 4) is 0 Å². The molecule has 2 atom stereocenters. The average molecular weight is 241 g/mol. The molecule has 1 aromatic rings. The van der Waals surface area contributed by atoms with Crippen molar-refractivity contribution in [2.24, 2.45) is 0 Å². The van der Waals surface area contributed by atoms with Gasteiger partial charge in [0.2, 0.25) is 5.89 Å². The van der Waals surface area contributed by atoms with Gasteiger partial charge in [0.05, 0.1) is 5.92 Å². The van der Waals surface area contributed by atoms with Crippen molar-refractivity contribution in [1.29, 1.82) is 0 Å². The third-order valence-electron chi connectivity index (χ3n) is 2.81. The van der Waals surface area contributed by atoms with Crippen LogP contribution >= 0.6 is 0 Å². The van der Waals surface area contributed by atoms with Gasteiger partial charge in [-0.2, -0.15) is 4.98 Å². The second kappa shape index (κ2) is 7.40. The van der Waals surface area contributed by atoms with Crippen LogP contribution in [0.3, 0.4) is 0 Å². The molecule has 0 aliphatic heterocycles. The van der Waals surface area contributed by atoms with Gasteiger partial charge in [0.1, 0.15) is 6.61 Å². The molecule has 1 heterocycles. The van der Waals surface area contributed by atoms with Crippen LogP contribution in [-0.4, -0.2) is 29.3 Å². The van der Waals surface area contributed by atoms with Crippen LogP contribution in [0.2, 0.25) is 0 Å². The van der Waals surface area contributed by atoms with Crippen LogP contribution in [-0.2, 0) is 11.3 Å². The highest BCUT2D eigenvalue weighted by atomic mass is 16.5. The van der Waals surface area contributed by atoms with Crippen molar-refractivity contribution >= 4 is 0 Å². The maximum absolute atomic E-state index is 5.30. The molecule has 5 nitrogen and oxygen atoms in total. The molecule has 0 amide bonds. The van der Waals surface area contributed by atoms with Crippen molar-refractivity contribution in [2.75, 3.05) is 13.2 Å². The van der Waals surface area contributed by atoms with Crippen molar-refractivity contribution < 1.29 is 9.26 Å². The summed E-state index contributed by atoms with van der Waals surface area (Å²) in [5, 5.41) is 7.31. The predicted molar refractivity (Wildman–Crippen MR) is 65.8 cm³/mol. The van der Waals surface area contributed by atoms with E-state index in [1.54, 1.807) is 0 Å². The Balaban J connectivity index is 2.65. The number of nitrogens with zero attached hydrogens (tertiary/aromatic N) is 2. The zero-order valence-corrected chi connectivity index (χ0v) is 11.2. The minimum absolute atomic E-state index is 0.262. The van der Waals surface area contributed by atoms with Crippen LogP contribution in [0.25, 0.3) is 0 Å². The minimum Gasteiger partial charge on any atom is -0.374 e. The molecule has 0 aromatic carbocycles.